The molecular formula is C15H15N5O2. The summed E-state index contributed by atoms with van der Waals surface area (Å²) in [5.41, 5.74) is 1.64. The van der Waals surface area contributed by atoms with E-state index in [2.05, 4.69) is 15.5 Å². The quantitative estimate of drug-likeness (QED) is 0.771. The molecule has 1 aromatic carbocycles. The summed E-state index contributed by atoms with van der Waals surface area (Å²) in [5.74, 6) is -0.544. The van der Waals surface area contributed by atoms with Crippen LogP contribution in [0.1, 0.15) is 16.1 Å². The predicted molar refractivity (Wildman–Crippen MR) is 82.9 cm³/mol. The van der Waals surface area contributed by atoms with Crippen molar-refractivity contribution in [3.05, 3.63) is 52.1 Å². The van der Waals surface area contributed by atoms with Crippen molar-refractivity contribution in [1.29, 1.82) is 0 Å². The first-order valence-electron chi connectivity index (χ1n) is 6.73. The molecule has 1 amide bonds. The van der Waals surface area contributed by atoms with Crippen LogP contribution in [-0.4, -0.2) is 25.5 Å². The van der Waals surface area contributed by atoms with E-state index in [-0.39, 0.29) is 11.1 Å². The van der Waals surface area contributed by atoms with E-state index in [1.54, 1.807) is 31.0 Å². The fourth-order valence-electron chi connectivity index (χ4n) is 2.32. The molecule has 0 aliphatic heterocycles. The third kappa shape index (κ3) is 2.37. The number of anilines is 1. The van der Waals surface area contributed by atoms with Gasteiger partial charge in [-0.3, -0.25) is 19.0 Å². The van der Waals surface area contributed by atoms with Crippen molar-refractivity contribution < 1.29 is 4.79 Å². The minimum absolute atomic E-state index is 0.135. The minimum Gasteiger partial charge on any atom is -0.318 e. The molecule has 0 fully saturated rings. The van der Waals surface area contributed by atoms with Crippen LogP contribution in [0.25, 0.3) is 10.9 Å². The molecular weight excluding hydrogens is 282 g/mol. The van der Waals surface area contributed by atoms with Crippen LogP contribution in [0.3, 0.4) is 0 Å². The molecule has 0 saturated heterocycles. The first-order valence-corrected chi connectivity index (χ1v) is 6.73. The average Bonchev–Trinajstić information content (AvgIpc) is 2.87. The Morgan fingerprint density at radius 1 is 1.27 bits per heavy atom. The van der Waals surface area contributed by atoms with E-state index in [9.17, 15) is 9.59 Å². The van der Waals surface area contributed by atoms with Gasteiger partial charge in [-0.1, -0.05) is 11.6 Å². The summed E-state index contributed by atoms with van der Waals surface area (Å²) in [7, 11) is 3.45. The third-order valence-corrected chi connectivity index (χ3v) is 3.39. The summed E-state index contributed by atoms with van der Waals surface area (Å²) < 4.78 is 3.10. The van der Waals surface area contributed by atoms with Crippen molar-refractivity contribution in [1.82, 2.24) is 19.6 Å². The second kappa shape index (κ2) is 5.10. The largest absolute Gasteiger partial charge is 0.318 e. The second-order valence-corrected chi connectivity index (χ2v) is 5.18. The Hall–Kier alpha value is -2.96. The van der Waals surface area contributed by atoms with Gasteiger partial charge >= 0.3 is 0 Å². The molecule has 1 N–H and O–H groups in total. The van der Waals surface area contributed by atoms with Crippen LogP contribution < -0.4 is 10.7 Å². The van der Waals surface area contributed by atoms with E-state index in [1.807, 2.05) is 19.1 Å². The van der Waals surface area contributed by atoms with Gasteiger partial charge < -0.3 is 5.32 Å². The van der Waals surface area contributed by atoms with Gasteiger partial charge in [-0.05, 0) is 19.1 Å². The monoisotopic (exact) mass is 297 g/mol. The number of aryl methyl sites for hydroxylation is 3. The topological polar surface area (TPSA) is 81.8 Å². The fraction of sp³-hybridized carbons (Fsp3) is 0.200. The molecule has 3 rings (SSSR count). The van der Waals surface area contributed by atoms with Crippen LogP contribution in [0.4, 0.5) is 5.69 Å². The zero-order valence-corrected chi connectivity index (χ0v) is 12.5. The lowest BCUT2D eigenvalue weighted by Gasteiger charge is -2.08. The highest BCUT2D eigenvalue weighted by Gasteiger charge is 2.17. The van der Waals surface area contributed by atoms with Crippen LogP contribution in [0, 0.1) is 6.92 Å². The molecule has 7 heteroatoms. The maximum absolute atomic E-state index is 12.5. The lowest BCUT2D eigenvalue weighted by molar-refractivity contribution is 0.101. The molecule has 22 heavy (non-hydrogen) atoms. The van der Waals surface area contributed by atoms with Crippen molar-refractivity contribution in [2.45, 2.75) is 6.92 Å². The van der Waals surface area contributed by atoms with E-state index in [4.69, 9.17) is 0 Å². The highest BCUT2D eigenvalue weighted by Crippen LogP contribution is 2.12. The van der Waals surface area contributed by atoms with Gasteiger partial charge in [-0.2, -0.15) is 10.2 Å². The predicted octanol–water partition coefficient (Wildman–Crippen LogP) is 1.23. The summed E-state index contributed by atoms with van der Waals surface area (Å²) in [5, 5.41) is 11.2. The molecule has 0 aliphatic rings. The summed E-state index contributed by atoms with van der Waals surface area (Å²) in [6.07, 6.45) is 3.15. The maximum atomic E-state index is 12.5. The van der Waals surface area contributed by atoms with Gasteiger partial charge in [0.1, 0.15) is 0 Å². The van der Waals surface area contributed by atoms with Gasteiger partial charge in [0.2, 0.25) is 5.43 Å². The Morgan fingerprint density at radius 2 is 2.05 bits per heavy atom. The number of fused-ring (bicyclic) bond motifs is 1. The van der Waals surface area contributed by atoms with Gasteiger partial charge in [0.15, 0.2) is 5.69 Å². The Labute approximate surface area is 126 Å². The van der Waals surface area contributed by atoms with Crippen LogP contribution in [0.2, 0.25) is 0 Å². The lowest BCUT2D eigenvalue weighted by Crippen LogP contribution is -2.26. The highest BCUT2D eigenvalue weighted by molar-refractivity contribution is 6.04. The van der Waals surface area contributed by atoms with Crippen LogP contribution in [-0.2, 0) is 14.1 Å². The van der Waals surface area contributed by atoms with E-state index in [0.717, 1.165) is 5.56 Å². The normalized spacial score (nSPS) is 10.9. The number of nitrogens with one attached hydrogen (secondary N) is 1. The smallest absolute Gasteiger partial charge is 0.280 e. The molecule has 3 aromatic rings. The zero-order valence-electron chi connectivity index (χ0n) is 12.5. The first-order chi connectivity index (χ1) is 10.5. The summed E-state index contributed by atoms with van der Waals surface area (Å²) in [6.45, 7) is 1.90. The van der Waals surface area contributed by atoms with Gasteiger partial charge in [0.05, 0.1) is 22.8 Å². The zero-order chi connectivity index (χ0) is 15.9. The first kappa shape index (κ1) is 14.0. The van der Waals surface area contributed by atoms with Gasteiger partial charge in [0.25, 0.3) is 5.91 Å². The molecule has 0 spiro atoms. The maximum Gasteiger partial charge on any atom is 0.280 e. The van der Waals surface area contributed by atoms with Gasteiger partial charge in [-0.15, -0.1) is 0 Å². The van der Waals surface area contributed by atoms with Crippen molar-refractivity contribution in [2.75, 3.05) is 5.32 Å². The number of amides is 1. The van der Waals surface area contributed by atoms with Gasteiger partial charge in [-0.25, -0.2) is 0 Å². The number of hydrogen-bond donors (Lipinski definition) is 1. The molecule has 0 atom stereocenters. The van der Waals surface area contributed by atoms with Crippen molar-refractivity contribution in [2.24, 2.45) is 14.1 Å². The van der Waals surface area contributed by atoms with Crippen LogP contribution in [0.5, 0.6) is 0 Å². The van der Waals surface area contributed by atoms with E-state index < -0.39 is 5.91 Å². The van der Waals surface area contributed by atoms with Crippen LogP contribution >= 0.6 is 0 Å². The molecule has 7 nitrogen and oxygen atoms in total. The minimum atomic E-state index is -0.544. The summed E-state index contributed by atoms with van der Waals surface area (Å²) >= 11 is 0. The Bertz CT molecular complexity index is 939. The number of carbonyl (C=O) groups excluding carboxylic acids is 1. The van der Waals surface area contributed by atoms with Crippen molar-refractivity contribution in [3.63, 3.8) is 0 Å². The van der Waals surface area contributed by atoms with E-state index in [1.165, 1.54) is 10.9 Å². The molecule has 112 valence electrons. The highest BCUT2D eigenvalue weighted by atomic mass is 16.2. The standard InChI is InChI=1S/C15H15N5O2/c1-9-4-5-12-11(6-9)14(21)13(18-20(12)3)15(22)17-10-7-16-19(2)8-10/h4-8H,1-3H3,(H,17,22). The SMILES string of the molecule is Cc1ccc2c(c1)c(=O)c(C(=O)Nc1cnn(C)c1)nn2C. The molecule has 2 aromatic heterocycles. The van der Waals surface area contributed by atoms with Crippen molar-refractivity contribution >= 4 is 22.5 Å². The number of carbonyl (C=O) groups is 1. The summed E-state index contributed by atoms with van der Waals surface area (Å²) in [6, 6.07) is 5.49. The van der Waals surface area contributed by atoms with E-state index in [0.29, 0.717) is 16.6 Å². The number of nitrogens with zero attached hydrogens (tertiary/aromatic N) is 4. The third-order valence-electron chi connectivity index (χ3n) is 3.39. The molecule has 0 radical (unpaired) electrons. The van der Waals surface area contributed by atoms with E-state index >= 15 is 0 Å². The number of aromatic nitrogens is 4. The van der Waals surface area contributed by atoms with Crippen molar-refractivity contribution in [3.8, 4) is 0 Å². The van der Waals surface area contributed by atoms with Crippen LogP contribution in [0.15, 0.2) is 35.4 Å². The lowest BCUT2D eigenvalue weighted by atomic mass is 10.1. The molecule has 0 unspecified atom stereocenters. The molecule has 2 heterocycles. The Kier molecular flexibility index (Phi) is 3.25. The number of rotatable bonds is 2. The average molecular weight is 297 g/mol. The second-order valence-electron chi connectivity index (χ2n) is 5.18. The fourth-order valence-corrected chi connectivity index (χ4v) is 2.32. The molecule has 0 saturated carbocycles. The number of hydrogen-bond acceptors (Lipinski definition) is 4. The number of benzene rings is 1. The van der Waals surface area contributed by atoms with Gasteiger partial charge in [0, 0.05) is 20.3 Å². The molecule has 0 aliphatic carbocycles. The Morgan fingerprint density at radius 3 is 2.73 bits per heavy atom. The summed E-state index contributed by atoms with van der Waals surface area (Å²) in [4.78, 5) is 24.8. The Balaban J connectivity index is 2.09. The molecule has 0 bridgehead atoms.